The Bertz CT molecular complexity index is 861. The monoisotopic (exact) mass is 462 g/mol. The van der Waals surface area contributed by atoms with E-state index in [-0.39, 0.29) is 5.92 Å². The number of para-hydroxylation sites is 1. The van der Waals surface area contributed by atoms with Crippen molar-refractivity contribution in [1.29, 1.82) is 0 Å². The molecule has 0 saturated carbocycles. The SMILES string of the molecule is Cc1nc(CN2CCC(C(=O)N3CCN(CCOc4ccccc4Cl)CC3)CC2)cs1. The van der Waals surface area contributed by atoms with Crippen LogP contribution in [0.15, 0.2) is 29.6 Å². The first-order chi connectivity index (χ1) is 15.1. The molecule has 31 heavy (non-hydrogen) atoms. The number of piperidine rings is 1. The first-order valence-electron chi connectivity index (χ1n) is 11.1. The lowest BCUT2D eigenvalue weighted by atomic mass is 9.95. The molecule has 168 valence electrons. The first kappa shape index (κ1) is 22.5. The van der Waals surface area contributed by atoms with Crippen molar-refractivity contribution in [2.24, 2.45) is 5.92 Å². The molecule has 0 atom stereocenters. The lowest BCUT2D eigenvalue weighted by Crippen LogP contribution is -2.52. The molecule has 0 radical (unpaired) electrons. The second-order valence-electron chi connectivity index (χ2n) is 8.35. The van der Waals surface area contributed by atoms with Crippen LogP contribution in [0.4, 0.5) is 0 Å². The number of benzene rings is 1. The predicted octanol–water partition coefficient (Wildman–Crippen LogP) is 3.54. The second kappa shape index (κ2) is 10.8. The Hall–Kier alpha value is -1.67. The van der Waals surface area contributed by atoms with Crippen molar-refractivity contribution in [3.8, 4) is 5.75 Å². The topological polar surface area (TPSA) is 48.9 Å². The van der Waals surface area contributed by atoms with Crippen LogP contribution in [0.3, 0.4) is 0 Å². The van der Waals surface area contributed by atoms with Gasteiger partial charge >= 0.3 is 0 Å². The smallest absolute Gasteiger partial charge is 0.225 e. The van der Waals surface area contributed by atoms with E-state index in [1.54, 1.807) is 11.3 Å². The fraction of sp³-hybridized carbons (Fsp3) is 0.565. The molecule has 6 nitrogen and oxygen atoms in total. The zero-order valence-electron chi connectivity index (χ0n) is 18.1. The molecule has 0 bridgehead atoms. The van der Waals surface area contributed by atoms with E-state index in [0.29, 0.717) is 17.5 Å². The molecular weight excluding hydrogens is 432 g/mol. The standard InChI is InChI=1S/C23H31ClN4O2S/c1-18-25-20(17-31-18)16-27-8-6-19(7-9-27)23(29)28-12-10-26(11-13-28)14-15-30-22-5-3-2-4-21(22)24/h2-5,17,19H,6-16H2,1H3. The number of thiazole rings is 1. The highest BCUT2D eigenvalue weighted by Gasteiger charge is 2.30. The van der Waals surface area contributed by atoms with Gasteiger partial charge in [-0.25, -0.2) is 4.98 Å². The summed E-state index contributed by atoms with van der Waals surface area (Å²) in [6, 6.07) is 7.56. The molecule has 2 saturated heterocycles. The van der Waals surface area contributed by atoms with Gasteiger partial charge in [-0.05, 0) is 45.0 Å². The van der Waals surface area contributed by atoms with Gasteiger partial charge in [0.15, 0.2) is 0 Å². The highest BCUT2D eigenvalue weighted by Crippen LogP contribution is 2.24. The highest BCUT2D eigenvalue weighted by molar-refractivity contribution is 7.09. The molecule has 0 spiro atoms. The third kappa shape index (κ3) is 6.19. The van der Waals surface area contributed by atoms with Gasteiger partial charge in [-0.3, -0.25) is 14.6 Å². The predicted molar refractivity (Wildman–Crippen MR) is 125 cm³/mol. The molecule has 2 aliphatic rings. The number of carbonyl (C=O) groups is 1. The average molecular weight is 463 g/mol. The Morgan fingerprint density at radius 2 is 1.87 bits per heavy atom. The minimum absolute atomic E-state index is 0.170. The molecule has 1 aromatic carbocycles. The number of nitrogens with zero attached hydrogens (tertiary/aromatic N) is 4. The highest BCUT2D eigenvalue weighted by atomic mass is 35.5. The molecule has 2 fully saturated rings. The Labute approximate surface area is 193 Å². The Morgan fingerprint density at radius 1 is 1.13 bits per heavy atom. The maximum absolute atomic E-state index is 13.0. The van der Waals surface area contributed by atoms with Crippen LogP contribution in [0.1, 0.15) is 23.5 Å². The van der Waals surface area contributed by atoms with Gasteiger partial charge in [0.25, 0.3) is 0 Å². The van der Waals surface area contributed by atoms with Crippen LogP contribution in [0.5, 0.6) is 5.75 Å². The largest absolute Gasteiger partial charge is 0.491 e. The molecular formula is C23H31ClN4O2S. The number of aromatic nitrogens is 1. The van der Waals surface area contributed by atoms with Gasteiger partial charge in [0, 0.05) is 50.6 Å². The van der Waals surface area contributed by atoms with E-state index < -0.39 is 0 Å². The second-order valence-corrected chi connectivity index (χ2v) is 9.82. The van der Waals surface area contributed by atoms with Crippen molar-refractivity contribution in [1.82, 2.24) is 19.7 Å². The van der Waals surface area contributed by atoms with E-state index in [0.717, 1.165) is 81.7 Å². The summed E-state index contributed by atoms with van der Waals surface area (Å²) in [6.07, 6.45) is 1.90. The third-order valence-corrected chi connectivity index (χ3v) is 7.31. The summed E-state index contributed by atoms with van der Waals surface area (Å²) in [5.74, 6) is 1.24. The number of carbonyl (C=O) groups excluding carboxylic acids is 1. The molecule has 1 aromatic heterocycles. The number of ether oxygens (including phenoxy) is 1. The van der Waals surface area contributed by atoms with E-state index >= 15 is 0 Å². The zero-order valence-corrected chi connectivity index (χ0v) is 19.7. The van der Waals surface area contributed by atoms with Gasteiger partial charge < -0.3 is 9.64 Å². The summed E-state index contributed by atoms with van der Waals surface area (Å²) in [5, 5.41) is 3.91. The van der Waals surface area contributed by atoms with E-state index in [1.807, 2.05) is 31.2 Å². The number of piperazine rings is 1. The van der Waals surface area contributed by atoms with Crippen molar-refractivity contribution >= 4 is 28.8 Å². The molecule has 8 heteroatoms. The maximum atomic E-state index is 13.0. The first-order valence-corrected chi connectivity index (χ1v) is 12.4. The Balaban J connectivity index is 1.15. The van der Waals surface area contributed by atoms with E-state index in [4.69, 9.17) is 16.3 Å². The van der Waals surface area contributed by atoms with Crippen LogP contribution in [0.25, 0.3) is 0 Å². The number of halogens is 1. The van der Waals surface area contributed by atoms with E-state index in [2.05, 4.69) is 25.1 Å². The summed E-state index contributed by atoms with van der Waals surface area (Å²) in [7, 11) is 0. The maximum Gasteiger partial charge on any atom is 0.225 e. The number of hydrogen-bond acceptors (Lipinski definition) is 6. The van der Waals surface area contributed by atoms with Crippen LogP contribution < -0.4 is 4.74 Å². The summed E-state index contributed by atoms with van der Waals surface area (Å²) in [6.45, 7) is 9.78. The van der Waals surface area contributed by atoms with E-state index in [9.17, 15) is 4.79 Å². The fourth-order valence-corrected chi connectivity index (χ4v) is 5.14. The summed E-state index contributed by atoms with van der Waals surface area (Å²) < 4.78 is 5.80. The van der Waals surface area contributed by atoms with Crippen molar-refractivity contribution in [2.45, 2.75) is 26.3 Å². The van der Waals surface area contributed by atoms with Crippen LogP contribution >= 0.6 is 22.9 Å². The van der Waals surface area contributed by atoms with Crippen molar-refractivity contribution in [2.75, 3.05) is 52.4 Å². The van der Waals surface area contributed by atoms with Crippen LogP contribution in [0, 0.1) is 12.8 Å². The number of hydrogen-bond donors (Lipinski definition) is 0. The quantitative estimate of drug-likeness (QED) is 0.629. The van der Waals surface area contributed by atoms with Crippen LogP contribution in [-0.4, -0.2) is 78.0 Å². The molecule has 2 aliphatic heterocycles. The molecule has 0 aliphatic carbocycles. The van der Waals surface area contributed by atoms with Crippen LogP contribution in [0.2, 0.25) is 5.02 Å². The fourth-order valence-electron chi connectivity index (χ4n) is 4.34. The van der Waals surface area contributed by atoms with Gasteiger partial charge in [-0.1, -0.05) is 23.7 Å². The van der Waals surface area contributed by atoms with Crippen molar-refractivity contribution in [3.63, 3.8) is 0 Å². The lowest BCUT2D eigenvalue weighted by Gasteiger charge is -2.38. The molecule has 0 N–H and O–H groups in total. The molecule has 3 heterocycles. The zero-order chi connectivity index (χ0) is 21.6. The summed E-state index contributed by atoms with van der Waals surface area (Å²) in [4.78, 5) is 24.4. The Kier molecular flexibility index (Phi) is 7.82. The molecule has 2 aromatic rings. The molecule has 0 unspecified atom stereocenters. The average Bonchev–Trinajstić information content (AvgIpc) is 3.20. The molecule has 1 amide bonds. The number of aryl methyl sites for hydroxylation is 1. The van der Waals surface area contributed by atoms with Gasteiger partial charge in [-0.15, -0.1) is 11.3 Å². The van der Waals surface area contributed by atoms with Gasteiger partial charge in [0.05, 0.1) is 15.7 Å². The molecule has 4 rings (SSSR count). The third-order valence-electron chi connectivity index (χ3n) is 6.17. The number of amides is 1. The normalized spacial score (nSPS) is 19.0. The van der Waals surface area contributed by atoms with Crippen molar-refractivity contribution in [3.05, 3.63) is 45.4 Å². The van der Waals surface area contributed by atoms with Gasteiger partial charge in [-0.2, -0.15) is 0 Å². The minimum Gasteiger partial charge on any atom is -0.491 e. The lowest BCUT2D eigenvalue weighted by molar-refractivity contribution is -0.139. The van der Waals surface area contributed by atoms with Crippen LogP contribution in [-0.2, 0) is 11.3 Å². The van der Waals surface area contributed by atoms with E-state index in [1.165, 1.54) is 0 Å². The number of likely N-dealkylation sites (tertiary alicyclic amines) is 1. The Morgan fingerprint density at radius 3 is 2.55 bits per heavy atom. The van der Waals surface area contributed by atoms with Gasteiger partial charge in [0.1, 0.15) is 12.4 Å². The summed E-state index contributed by atoms with van der Waals surface area (Å²) in [5.41, 5.74) is 1.15. The minimum atomic E-state index is 0.170. The number of rotatable bonds is 7. The van der Waals surface area contributed by atoms with Gasteiger partial charge in [0.2, 0.25) is 5.91 Å². The van der Waals surface area contributed by atoms with Crippen molar-refractivity contribution < 1.29 is 9.53 Å². The summed E-state index contributed by atoms with van der Waals surface area (Å²) >= 11 is 7.84.